The molecule has 0 heterocycles. The number of hydrogen-bond acceptors (Lipinski definition) is 2. The third-order valence-corrected chi connectivity index (χ3v) is 2.50. The minimum absolute atomic E-state index is 0.139. The number of nitrogens with one attached hydrogen (secondary N) is 1. The Morgan fingerprint density at radius 2 is 2.12 bits per heavy atom. The lowest BCUT2D eigenvalue weighted by Gasteiger charge is -2.11. The molecule has 0 saturated carbocycles. The van der Waals surface area contributed by atoms with E-state index in [2.05, 4.69) is 5.32 Å². The van der Waals surface area contributed by atoms with Gasteiger partial charge in [0.25, 0.3) is 0 Å². The average molecular weight is 242 g/mol. The van der Waals surface area contributed by atoms with Crippen LogP contribution in [0.15, 0.2) is 18.2 Å². The first-order valence-corrected chi connectivity index (χ1v) is 5.46. The van der Waals surface area contributed by atoms with E-state index in [9.17, 15) is 13.6 Å². The summed E-state index contributed by atoms with van der Waals surface area (Å²) < 4.78 is 25.5. The molecule has 1 amide bonds. The molecule has 1 aromatic rings. The standard InChI is InChI=1S/C12H16F2N2O/c1-8(4-5-15)12(17)16-7-9-2-3-10(13)11(14)6-9/h2-3,6,8H,4-5,7,15H2,1H3,(H,16,17). The van der Waals surface area contributed by atoms with E-state index < -0.39 is 11.6 Å². The zero-order valence-electron chi connectivity index (χ0n) is 9.67. The molecular formula is C12H16F2N2O. The Hall–Kier alpha value is -1.49. The van der Waals surface area contributed by atoms with Gasteiger partial charge in [0.1, 0.15) is 0 Å². The van der Waals surface area contributed by atoms with Gasteiger partial charge in [-0.25, -0.2) is 8.78 Å². The van der Waals surface area contributed by atoms with E-state index in [0.717, 1.165) is 12.1 Å². The lowest BCUT2D eigenvalue weighted by Crippen LogP contribution is -2.30. The number of nitrogens with two attached hydrogens (primary N) is 1. The molecule has 3 nitrogen and oxygen atoms in total. The maximum atomic E-state index is 12.9. The van der Waals surface area contributed by atoms with Crippen molar-refractivity contribution in [3.05, 3.63) is 35.4 Å². The number of hydrogen-bond donors (Lipinski definition) is 2. The van der Waals surface area contributed by atoms with E-state index in [0.29, 0.717) is 18.5 Å². The highest BCUT2D eigenvalue weighted by atomic mass is 19.2. The summed E-state index contributed by atoms with van der Waals surface area (Å²) in [5, 5.41) is 2.65. The van der Waals surface area contributed by atoms with Crippen LogP contribution in [0.25, 0.3) is 0 Å². The number of amides is 1. The average Bonchev–Trinajstić information content (AvgIpc) is 2.30. The van der Waals surface area contributed by atoms with Gasteiger partial charge in [0.05, 0.1) is 0 Å². The molecule has 1 rings (SSSR count). The van der Waals surface area contributed by atoms with Crippen molar-refractivity contribution in [2.45, 2.75) is 19.9 Å². The van der Waals surface area contributed by atoms with Gasteiger partial charge in [0.15, 0.2) is 11.6 Å². The summed E-state index contributed by atoms with van der Waals surface area (Å²) in [6, 6.07) is 3.55. The molecule has 0 bridgehead atoms. The fourth-order valence-corrected chi connectivity index (χ4v) is 1.39. The van der Waals surface area contributed by atoms with Crippen LogP contribution in [-0.2, 0) is 11.3 Å². The second kappa shape index (κ2) is 6.30. The lowest BCUT2D eigenvalue weighted by molar-refractivity contribution is -0.124. The van der Waals surface area contributed by atoms with Crippen LogP contribution in [0.4, 0.5) is 8.78 Å². The zero-order valence-corrected chi connectivity index (χ0v) is 9.67. The van der Waals surface area contributed by atoms with E-state index in [1.165, 1.54) is 6.07 Å². The Morgan fingerprint density at radius 3 is 2.71 bits per heavy atom. The fourth-order valence-electron chi connectivity index (χ4n) is 1.39. The van der Waals surface area contributed by atoms with Crippen molar-refractivity contribution >= 4 is 5.91 Å². The highest BCUT2D eigenvalue weighted by molar-refractivity contribution is 5.78. The number of carbonyl (C=O) groups is 1. The molecule has 17 heavy (non-hydrogen) atoms. The van der Waals surface area contributed by atoms with Gasteiger partial charge in [-0.2, -0.15) is 0 Å². The lowest BCUT2D eigenvalue weighted by atomic mass is 10.1. The molecule has 0 aliphatic carbocycles. The maximum Gasteiger partial charge on any atom is 0.223 e. The van der Waals surface area contributed by atoms with Gasteiger partial charge in [0, 0.05) is 12.5 Å². The molecule has 0 aromatic heterocycles. The molecule has 0 aliphatic rings. The van der Waals surface area contributed by atoms with Crippen LogP contribution in [0.2, 0.25) is 0 Å². The summed E-state index contributed by atoms with van der Waals surface area (Å²) in [6.07, 6.45) is 0.601. The third kappa shape index (κ3) is 4.11. The first-order valence-electron chi connectivity index (χ1n) is 5.46. The van der Waals surface area contributed by atoms with E-state index in [1.807, 2.05) is 0 Å². The predicted octanol–water partition coefficient (Wildman–Crippen LogP) is 1.57. The Kier molecular flexibility index (Phi) is 5.03. The number of rotatable bonds is 5. The van der Waals surface area contributed by atoms with Crippen LogP contribution >= 0.6 is 0 Å². The zero-order chi connectivity index (χ0) is 12.8. The Balaban J connectivity index is 2.50. The summed E-state index contributed by atoms with van der Waals surface area (Å²) in [5.41, 5.74) is 5.86. The topological polar surface area (TPSA) is 55.1 Å². The fraction of sp³-hybridized carbons (Fsp3) is 0.417. The van der Waals surface area contributed by atoms with Gasteiger partial charge < -0.3 is 11.1 Å². The molecule has 0 radical (unpaired) electrons. The van der Waals surface area contributed by atoms with Crippen LogP contribution in [-0.4, -0.2) is 12.5 Å². The number of halogens is 2. The third-order valence-electron chi connectivity index (χ3n) is 2.50. The Labute approximate surface area is 99.0 Å². The van der Waals surface area contributed by atoms with Crippen LogP contribution in [0.3, 0.4) is 0 Å². The number of carbonyl (C=O) groups excluding carboxylic acids is 1. The van der Waals surface area contributed by atoms with Crippen LogP contribution in [0.5, 0.6) is 0 Å². The van der Waals surface area contributed by atoms with E-state index in [-0.39, 0.29) is 18.4 Å². The minimum Gasteiger partial charge on any atom is -0.352 e. The highest BCUT2D eigenvalue weighted by Crippen LogP contribution is 2.09. The van der Waals surface area contributed by atoms with Gasteiger partial charge in [-0.05, 0) is 30.7 Å². The summed E-state index contributed by atoms with van der Waals surface area (Å²) in [5.74, 6) is -2.12. The largest absolute Gasteiger partial charge is 0.352 e. The van der Waals surface area contributed by atoms with Crippen LogP contribution in [0.1, 0.15) is 18.9 Å². The SMILES string of the molecule is CC(CCN)C(=O)NCc1ccc(F)c(F)c1. The van der Waals surface area contributed by atoms with Crippen molar-refractivity contribution in [2.75, 3.05) is 6.54 Å². The molecule has 3 N–H and O–H groups in total. The van der Waals surface area contributed by atoms with E-state index in [4.69, 9.17) is 5.73 Å². The first kappa shape index (κ1) is 13.6. The van der Waals surface area contributed by atoms with Gasteiger partial charge in [-0.3, -0.25) is 4.79 Å². The number of benzene rings is 1. The molecule has 0 fully saturated rings. The predicted molar refractivity (Wildman–Crippen MR) is 61.0 cm³/mol. The second-order valence-corrected chi connectivity index (χ2v) is 3.94. The molecule has 0 saturated heterocycles. The minimum atomic E-state index is -0.910. The normalized spacial score (nSPS) is 12.2. The molecule has 94 valence electrons. The summed E-state index contributed by atoms with van der Waals surface area (Å²) in [4.78, 5) is 11.5. The van der Waals surface area contributed by atoms with Crippen LogP contribution in [0, 0.1) is 17.6 Å². The summed E-state index contributed by atoms with van der Waals surface area (Å²) >= 11 is 0. The van der Waals surface area contributed by atoms with Gasteiger partial charge in [-0.15, -0.1) is 0 Å². The summed E-state index contributed by atoms with van der Waals surface area (Å²) in [6.45, 7) is 2.40. The van der Waals surface area contributed by atoms with Crippen molar-refractivity contribution in [2.24, 2.45) is 11.7 Å². The quantitative estimate of drug-likeness (QED) is 0.823. The van der Waals surface area contributed by atoms with E-state index in [1.54, 1.807) is 6.92 Å². The molecule has 0 aliphatic heterocycles. The van der Waals surface area contributed by atoms with Crippen molar-refractivity contribution in [3.63, 3.8) is 0 Å². The van der Waals surface area contributed by atoms with Crippen molar-refractivity contribution in [3.8, 4) is 0 Å². The van der Waals surface area contributed by atoms with E-state index >= 15 is 0 Å². The molecule has 0 spiro atoms. The smallest absolute Gasteiger partial charge is 0.223 e. The summed E-state index contributed by atoms with van der Waals surface area (Å²) in [7, 11) is 0. The van der Waals surface area contributed by atoms with Crippen molar-refractivity contribution < 1.29 is 13.6 Å². The molecule has 5 heteroatoms. The monoisotopic (exact) mass is 242 g/mol. The Bertz CT molecular complexity index is 396. The highest BCUT2D eigenvalue weighted by Gasteiger charge is 2.11. The molecular weight excluding hydrogens is 226 g/mol. The van der Waals surface area contributed by atoms with Gasteiger partial charge in [-0.1, -0.05) is 13.0 Å². The molecule has 1 aromatic carbocycles. The maximum absolute atomic E-state index is 12.9. The van der Waals surface area contributed by atoms with Crippen LogP contribution < -0.4 is 11.1 Å². The second-order valence-electron chi connectivity index (χ2n) is 3.94. The molecule has 1 unspecified atom stereocenters. The Morgan fingerprint density at radius 1 is 1.41 bits per heavy atom. The molecule has 1 atom stereocenters. The first-order chi connectivity index (χ1) is 8.04. The van der Waals surface area contributed by atoms with Crippen molar-refractivity contribution in [1.82, 2.24) is 5.32 Å². The van der Waals surface area contributed by atoms with Gasteiger partial charge in [0.2, 0.25) is 5.91 Å². The van der Waals surface area contributed by atoms with Crippen molar-refractivity contribution in [1.29, 1.82) is 0 Å². The van der Waals surface area contributed by atoms with Gasteiger partial charge >= 0.3 is 0 Å².